The van der Waals surface area contributed by atoms with Gasteiger partial charge in [0.25, 0.3) is 0 Å². The summed E-state index contributed by atoms with van der Waals surface area (Å²) in [6, 6.07) is 8.72. The van der Waals surface area contributed by atoms with Crippen LogP contribution in [0.5, 0.6) is 0 Å². The quantitative estimate of drug-likeness (QED) is 0.671. The van der Waals surface area contributed by atoms with Gasteiger partial charge in [-0.3, -0.25) is 4.79 Å². The number of hydrogen-bond acceptors (Lipinski definition) is 3. The Balaban J connectivity index is 2.63. The van der Waals surface area contributed by atoms with Gasteiger partial charge >= 0.3 is 6.03 Å². The molecule has 1 aromatic carbocycles. The molecule has 0 aliphatic rings. The Morgan fingerprint density at radius 2 is 1.80 bits per heavy atom. The summed E-state index contributed by atoms with van der Waals surface area (Å²) in [4.78, 5) is 26.6. The maximum atomic E-state index is 12.7. The maximum absolute atomic E-state index is 12.7. The van der Waals surface area contributed by atoms with Crippen molar-refractivity contribution in [2.75, 3.05) is 20.1 Å². The van der Waals surface area contributed by atoms with E-state index in [0.717, 1.165) is 5.56 Å². The Hall–Kier alpha value is -2.08. The van der Waals surface area contributed by atoms with Crippen molar-refractivity contribution >= 4 is 11.9 Å². The Morgan fingerprint density at radius 3 is 2.32 bits per heavy atom. The number of rotatable bonds is 8. The van der Waals surface area contributed by atoms with Crippen LogP contribution in [0.3, 0.4) is 0 Å². The molecule has 1 atom stereocenters. The maximum Gasteiger partial charge on any atom is 0.315 e. The van der Waals surface area contributed by atoms with Gasteiger partial charge in [-0.1, -0.05) is 58.0 Å². The third-order valence-corrected chi connectivity index (χ3v) is 4.11. The van der Waals surface area contributed by atoms with Crippen LogP contribution in [0.2, 0.25) is 0 Å². The van der Waals surface area contributed by atoms with E-state index < -0.39 is 6.04 Å². The predicted molar refractivity (Wildman–Crippen MR) is 101 cm³/mol. The summed E-state index contributed by atoms with van der Waals surface area (Å²) < 4.78 is 0. The number of nitrogens with one attached hydrogen (secondary N) is 2. The second kappa shape index (κ2) is 9.42. The van der Waals surface area contributed by atoms with E-state index in [1.807, 2.05) is 58.0 Å². The number of nitrogens with two attached hydrogens (primary N) is 1. The summed E-state index contributed by atoms with van der Waals surface area (Å²) in [5, 5.41) is 5.60. The van der Waals surface area contributed by atoms with Gasteiger partial charge in [0, 0.05) is 20.1 Å². The molecule has 0 heterocycles. The lowest BCUT2D eigenvalue weighted by molar-refractivity contribution is -0.134. The zero-order chi connectivity index (χ0) is 19.0. The number of carbonyl (C=O) groups is 2. The average Bonchev–Trinajstić information content (AvgIpc) is 2.57. The highest BCUT2D eigenvalue weighted by molar-refractivity contribution is 5.87. The van der Waals surface area contributed by atoms with Gasteiger partial charge in [0.05, 0.1) is 0 Å². The molecule has 140 valence electrons. The minimum absolute atomic E-state index is 0.0154. The van der Waals surface area contributed by atoms with Crippen molar-refractivity contribution in [1.82, 2.24) is 15.5 Å². The number of hydrogen-bond donors (Lipinski definition) is 3. The van der Waals surface area contributed by atoms with Crippen LogP contribution in [-0.4, -0.2) is 43.0 Å². The zero-order valence-electron chi connectivity index (χ0n) is 16.0. The molecule has 1 rings (SSSR count). The number of amides is 3. The summed E-state index contributed by atoms with van der Waals surface area (Å²) >= 11 is 0. The normalized spacial score (nSPS) is 12.6. The second-order valence-electron chi connectivity index (χ2n) is 7.60. The minimum Gasteiger partial charge on any atom is -0.343 e. The first-order chi connectivity index (χ1) is 11.7. The summed E-state index contributed by atoms with van der Waals surface area (Å²) in [5.41, 5.74) is 6.59. The standard InChI is InChI=1S/C19H32N4O2/c1-14(2)16(17(24)23(5)13-19(3,4)12-20)22-18(25)21-11-15-9-7-6-8-10-15/h6-10,14,16H,11-13,20H2,1-5H3,(H2,21,22,25). The van der Waals surface area contributed by atoms with Gasteiger partial charge in [-0.05, 0) is 23.4 Å². The number of urea groups is 1. The van der Waals surface area contributed by atoms with Gasteiger partial charge < -0.3 is 21.3 Å². The van der Waals surface area contributed by atoms with Crippen molar-refractivity contribution in [3.63, 3.8) is 0 Å². The SMILES string of the molecule is CC(C)C(NC(=O)NCc1ccccc1)C(=O)N(C)CC(C)(C)CN. The van der Waals surface area contributed by atoms with Crippen LogP contribution in [0.25, 0.3) is 0 Å². The average molecular weight is 348 g/mol. The van der Waals surface area contributed by atoms with Crippen molar-refractivity contribution in [2.24, 2.45) is 17.1 Å². The van der Waals surface area contributed by atoms with E-state index in [4.69, 9.17) is 5.73 Å². The highest BCUT2D eigenvalue weighted by atomic mass is 16.2. The topological polar surface area (TPSA) is 87.5 Å². The number of likely N-dealkylation sites (N-methyl/N-ethyl adjacent to an activating group) is 1. The van der Waals surface area contributed by atoms with Crippen molar-refractivity contribution in [3.8, 4) is 0 Å². The van der Waals surface area contributed by atoms with Crippen LogP contribution in [-0.2, 0) is 11.3 Å². The summed E-state index contributed by atoms with van der Waals surface area (Å²) in [6.07, 6.45) is 0. The Labute approximate surface area is 151 Å². The molecular formula is C19H32N4O2. The second-order valence-corrected chi connectivity index (χ2v) is 7.60. The fraction of sp³-hybridized carbons (Fsp3) is 0.579. The first-order valence-corrected chi connectivity index (χ1v) is 8.69. The summed E-state index contributed by atoms with van der Waals surface area (Å²) in [7, 11) is 1.75. The van der Waals surface area contributed by atoms with E-state index in [-0.39, 0.29) is 23.3 Å². The molecule has 0 aliphatic heterocycles. The largest absolute Gasteiger partial charge is 0.343 e. The Kier molecular flexibility index (Phi) is 7.90. The molecule has 0 radical (unpaired) electrons. The first-order valence-electron chi connectivity index (χ1n) is 8.69. The molecule has 0 saturated heterocycles. The van der Waals surface area contributed by atoms with E-state index in [9.17, 15) is 9.59 Å². The molecule has 3 amide bonds. The molecule has 0 spiro atoms. The van der Waals surface area contributed by atoms with Crippen molar-refractivity contribution < 1.29 is 9.59 Å². The molecule has 6 heteroatoms. The first kappa shape index (κ1) is 21.0. The smallest absolute Gasteiger partial charge is 0.315 e. The Bertz CT molecular complexity index is 558. The third kappa shape index (κ3) is 7.13. The van der Waals surface area contributed by atoms with Crippen LogP contribution >= 0.6 is 0 Å². The zero-order valence-corrected chi connectivity index (χ0v) is 16.0. The molecule has 0 bridgehead atoms. The van der Waals surface area contributed by atoms with Gasteiger partial charge in [-0.15, -0.1) is 0 Å². The van der Waals surface area contributed by atoms with Gasteiger partial charge in [0.2, 0.25) is 5.91 Å². The molecule has 4 N–H and O–H groups in total. The molecule has 0 aromatic heterocycles. The molecule has 1 unspecified atom stereocenters. The van der Waals surface area contributed by atoms with Crippen LogP contribution in [0.4, 0.5) is 4.79 Å². The molecule has 0 saturated carbocycles. The van der Waals surface area contributed by atoms with E-state index in [1.165, 1.54) is 0 Å². The van der Waals surface area contributed by atoms with Crippen molar-refractivity contribution in [3.05, 3.63) is 35.9 Å². The molecule has 1 aromatic rings. The van der Waals surface area contributed by atoms with E-state index in [1.54, 1.807) is 11.9 Å². The van der Waals surface area contributed by atoms with Crippen LogP contribution in [0.15, 0.2) is 30.3 Å². The van der Waals surface area contributed by atoms with E-state index >= 15 is 0 Å². The highest BCUT2D eigenvalue weighted by Gasteiger charge is 2.29. The third-order valence-electron chi connectivity index (χ3n) is 4.11. The molecule has 0 fully saturated rings. The number of benzene rings is 1. The van der Waals surface area contributed by atoms with Crippen molar-refractivity contribution in [2.45, 2.75) is 40.3 Å². The fourth-order valence-corrected chi connectivity index (χ4v) is 2.51. The number of nitrogens with zero attached hydrogens (tertiary/aromatic N) is 1. The lowest BCUT2D eigenvalue weighted by Gasteiger charge is -2.32. The molecule has 0 aliphatic carbocycles. The minimum atomic E-state index is -0.575. The highest BCUT2D eigenvalue weighted by Crippen LogP contribution is 2.15. The molecule has 6 nitrogen and oxygen atoms in total. The van der Waals surface area contributed by atoms with Crippen molar-refractivity contribution in [1.29, 1.82) is 0 Å². The van der Waals surface area contributed by atoms with E-state index in [2.05, 4.69) is 10.6 Å². The number of carbonyl (C=O) groups excluding carboxylic acids is 2. The van der Waals surface area contributed by atoms with Crippen LogP contribution < -0.4 is 16.4 Å². The predicted octanol–water partition coefficient (Wildman–Crippen LogP) is 1.95. The van der Waals surface area contributed by atoms with Gasteiger partial charge in [-0.25, -0.2) is 4.79 Å². The van der Waals surface area contributed by atoms with Gasteiger partial charge in [-0.2, -0.15) is 0 Å². The monoisotopic (exact) mass is 348 g/mol. The fourth-order valence-electron chi connectivity index (χ4n) is 2.51. The summed E-state index contributed by atoms with van der Waals surface area (Å²) in [6.45, 7) is 9.31. The molecular weight excluding hydrogens is 316 g/mol. The summed E-state index contributed by atoms with van der Waals surface area (Å²) in [5.74, 6) is -0.121. The van der Waals surface area contributed by atoms with E-state index in [0.29, 0.717) is 19.6 Å². The van der Waals surface area contributed by atoms with Crippen LogP contribution in [0.1, 0.15) is 33.3 Å². The van der Waals surface area contributed by atoms with Gasteiger partial charge in [0.15, 0.2) is 0 Å². The lowest BCUT2D eigenvalue weighted by atomic mass is 9.92. The lowest BCUT2D eigenvalue weighted by Crippen LogP contribution is -2.54. The molecule has 25 heavy (non-hydrogen) atoms. The van der Waals surface area contributed by atoms with Gasteiger partial charge in [0.1, 0.15) is 6.04 Å². The van der Waals surface area contributed by atoms with Crippen LogP contribution in [0, 0.1) is 11.3 Å². The Morgan fingerprint density at radius 1 is 1.20 bits per heavy atom.